The number of nitrogens with zero attached hydrogens (tertiary/aromatic N) is 2. The molecule has 1 aliphatic rings. The number of para-hydroxylation sites is 1. The van der Waals surface area contributed by atoms with Crippen molar-refractivity contribution in [3.05, 3.63) is 29.8 Å². The molecule has 1 aliphatic heterocycles. The third-order valence-corrected chi connectivity index (χ3v) is 3.08. The minimum absolute atomic E-state index is 0.111. The normalized spacial score (nSPS) is 17.1. The highest BCUT2D eigenvalue weighted by Crippen LogP contribution is 2.22. The van der Waals surface area contributed by atoms with Crippen LogP contribution in [0, 0.1) is 11.3 Å². The number of nitrogens with one attached hydrogen (secondary N) is 1. The predicted octanol–water partition coefficient (Wildman–Crippen LogP) is 1.38. The van der Waals surface area contributed by atoms with Crippen molar-refractivity contribution >= 4 is 0 Å². The first kappa shape index (κ1) is 12.9. The van der Waals surface area contributed by atoms with Crippen LogP contribution in [0.1, 0.15) is 12.5 Å². The lowest BCUT2D eigenvalue weighted by Crippen LogP contribution is -2.40. The molecule has 0 saturated carbocycles. The van der Waals surface area contributed by atoms with Crippen LogP contribution in [-0.2, 0) is 6.54 Å². The van der Waals surface area contributed by atoms with Crippen molar-refractivity contribution in [3.8, 4) is 11.8 Å². The molecule has 1 aromatic carbocycles. The number of fused-ring (bicyclic) bond motifs is 1. The first-order valence-electron chi connectivity index (χ1n) is 6.39. The van der Waals surface area contributed by atoms with E-state index in [1.807, 2.05) is 25.1 Å². The van der Waals surface area contributed by atoms with Gasteiger partial charge in [0.2, 0.25) is 0 Å². The first-order valence-corrected chi connectivity index (χ1v) is 6.39. The molecule has 0 amide bonds. The summed E-state index contributed by atoms with van der Waals surface area (Å²) in [4.78, 5) is 2.27. The molecule has 1 aromatic rings. The van der Waals surface area contributed by atoms with Crippen LogP contribution in [0.5, 0.6) is 5.75 Å². The van der Waals surface area contributed by atoms with Gasteiger partial charge in [0.15, 0.2) is 0 Å². The van der Waals surface area contributed by atoms with E-state index in [2.05, 4.69) is 22.4 Å². The SMILES string of the molecule is CCNC(C#N)CN1CCOc2ccccc2C1. The lowest BCUT2D eigenvalue weighted by molar-refractivity contribution is 0.217. The maximum Gasteiger partial charge on any atom is 0.123 e. The maximum absolute atomic E-state index is 9.08. The zero-order valence-corrected chi connectivity index (χ0v) is 10.7. The van der Waals surface area contributed by atoms with Gasteiger partial charge in [0, 0.05) is 25.2 Å². The average Bonchev–Trinajstić information content (AvgIpc) is 2.59. The summed E-state index contributed by atoms with van der Waals surface area (Å²) in [5, 5.41) is 12.3. The van der Waals surface area contributed by atoms with E-state index in [1.54, 1.807) is 0 Å². The van der Waals surface area contributed by atoms with Crippen LogP contribution in [0.2, 0.25) is 0 Å². The molecule has 0 spiro atoms. The molecule has 1 N–H and O–H groups in total. The minimum atomic E-state index is -0.111. The zero-order chi connectivity index (χ0) is 12.8. The van der Waals surface area contributed by atoms with E-state index in [0.717, 1.165) is 31.9 Å². The van der Waals surface area contributed by atoms with E-state index in [4.69, 9.17) is 10.00 Å². The zero-order valence-electron chi connectivity index (χ0n) is 10.7. The van der Waals surface area contributed by atoms with Crippen molar-refractivity contribution in [2.45, 2.75) is 19.5 Å². The van der Waals surface area contributed by atoms with Crippen molar-refractivity contribution in [2.75, 3.05) is 26.2 Å². The Morgan fingerprint density at radius 2 is 2.33 bits per heavy atom. The Bertz CT molecular complexity index is 427. The Hall–Kier alpha value is -1.57. The van der Waals surface area contributed by atoms with Gasteiger partial charge in [-0.3, -0.25) is 4.90 Å². The summed E-state index contributed by atoms with van der Waals surface area (Å²) >= 11 is 0. The third kappa shape index (κ3) is 3.22. The lowest BCUT2D eigenvalue weighted by atomic mass is 10.2. The monoisotopic (exact) mass is 245 g/mol. The molecule has 0 bridgehead atoms. The van der Waals surface area contributed by atoms with E-state index < -0.39 is 0 Å². The van der Waals surface area contributed by atoms with Gasteiger partial charge in [-0.05, 0) is 12.6 Å². The van der Waals surface area contributed by atoms with Crippen LogP contribution in [0.3, 0.4) is 0 Å². The molecule has 96 valence electrons. The number of benzene rings is 1. The Morgan fingerprint density at radius 3 is 3.11 bits per heavy atom. The molecular formula is C14H19N3O. The van der Waals surface area contributed by atoms with E-state index in [9.17, 15) is 0 Å². The van der Waals surface area contributed by atoms with E-state index in [0.29, 0.717) is 6.61 Å². The van der Waals surface area contributed by atoms with Gasteiger partial charge in [-0.2, -0.15) is 5.26 Å². The van der Waals surface area contributed by atoms with Gasteiger partial charge in [0.05, 0.1) is 6.07 Å². The fourth-order valence-corrected chi connectivity index (χ4v) is 2.19. The van der Waals surface area contributed by atoms with Crippen molar-refractivity contribution in [1.82, 2.24) is 10.2 Å². The number of nitriles is 1. The van der Waals surface area contributed by atoms with Gasteiger partial charge >= 0.3 is 0 Å². The summed E-state index contributed by atoms with van der Waals surface area (Å²) in [5.74, 6) is 0.969. The van der Waals surface area contributed by atoms with Crippen LogP contribution in [-0.4, -0.2) is 37.2 Å². The van der Waals surface area contributed by atoms with Gasteiger partial charge < -0.3 is 10.1 Å². The summed E-state index contributed by atoms with van der Waals surface area (Å²) < 4.78 is 5.71. The highest BCUT2D eigenvalue weighted by atomic mass is 16.5. The standard InChI is InChI=1S/C14H19N3O/c1-2-16-13(9-15)11-17-7-8-18-14-6-4-3-5-12(14)10-17/h3-6,13,16H,2,7-8,10-11H2,1H3. The van der Waals surface area contributed by atoms with Gasteiger partial charge in [-0.1, -0.05) is 25.1 Å². The largest absolute Gasteiger partial charge is 0.492 e. The molecule has 1 unspecified atom stereocenters. The Balaban J connectivity index is 2.01. The Kier molecular flexibility index (Phi) is 4.57. The summed E-state index contributed by atoms with van der Waals surface area (Å²) in [6.07, 6.45) is 0. The number of hydrogen-bond acceptors (Lipinski definition) is 4. The minimum Gasteiger partial charge on any atom is -0.492 e. The van der Waals surface area contributed by atoms with E-state index in [1.165, 1.54) is 5.56 Å². The van der Waals surface area contributed by atoms with Gasteiger partial charge in [0.25, 0.3) is 0 Å². The molecule has 0 aromatic heterocycles. The molecular weight excluding hydrogens is 226 g/mol. The third-order valence-electron chi connectivity index (χ3n) is 3.08. The summed E-state index contributed by atoms with van der Waals surface area (Å²) in [6.45, 7) is 5.96. The molecule has 0 fully saturated rings. The molecule has 4 nitrogen and oxygen atoms in total. The predicted molar refractivity (Wildman–Crippen MR) is 70.3 cm³/mol. The Labute approximate surface area is 108 Å². The first-order chi connectivity index (χ1) is 8.83. The van der Waals surface area contributed by atoms with Crippen LogP contribution < -0.4 is 10.1 Å². The molecule has 4 heteroatoms. The number of likely N-dealkylation sites (N-methyl/N-ethyl adjacent to an activating group) is 1. The number of hydrogen-bond donors (Lipinski definition) is 1. The highest BCUT2D eigenvalue weighted by molar-refractivity contribution is 5.33. The van der Waals surface area contributed by atoms with Crippen LogP contribution in [0.25, 0.3) is 0 Å². The average molecular weight is 245 g/mol. The van der Waals surface area contributed by atoms with Gasteiger partial charge in [-0.25, -0.2) is 0 Å². The van der Waals surface area contributed by atoms with E-state index >= 15 is 0 Å². The molecule has 18 heavy (non-hydrogen) atoms. The van der Waals surface area contributed by atoms with Crippen LogP contribution >= 0.6 is 0 Å². The van der Waals surface area contributed by atoms with Gasteiger partial charge in [0.1, 0.15) is 18.4 Å². The second-order valence-corrected chi connectivity index (χ2v) is 4.43. The molecule has 2 rings (SSSR count). The van der Waals surface area contributed by atoms with Gasteiger partial charge in [-0.15, -0.1) is 0 Å². The second kappa shape index (κ2) is 6.39. The molecule has 1 heterocycles. The van der Waals surface area contributed by atoms with Crippen LogP contribution in [0.15, 0.2) is 24.3 Å². The second-order valence-electron chi connectivity index (χ2n) is 4.43. The Morgan fingerprint density at radius 1 is 1.50 bits per heavy atom. The fourth-order valence-electron chi connectivity index (χ4n) is 2.19. The van der Waals surface area contributed by atoms with Crippen molar-refractivity contribution in [3.63, 3.8) is 0 Å². The number of ether oxygens (including phenoxy) is 1. The topological polar surface area (TPSA) is 48.3 Å². The molecule has 1 atom stereocenters. The molecule has 0 radical (unpaired) electrons. The fraction of sp³-hybridized carbons (Fsp3) is 0.500. The van der Waals surface area contributed by atoms with Crippen LogP contribution in [0.4, 0.5) is 0 Å². The summed E-state index contributed by atoms with van der Waals surface area (Å²) in [5.41, 5.74) is 1.20. The maximum atomic E-state index is 9.08. The van der Waals surface area contributed by atoms with Crippen molar-refractivity contribution in [2.24, 2.45) is 0 Å². The number of rotatable bonds is 4. The molecule has 0 aliphatic carbocycles. The smallest absolute Gasteiger partial charge is 0.123 e. The highest BCUT2D eigenvalue weighted by Gasteiger charge is 2.17. The molecule has 0 saturated heterocycles. The summed E-state index contributed by atoms with van der Waals surface area (Å²) in [6, 6.07) is 10.3. The van der Waals surface area contributed by atoms with Crippen molar-refractivity contribution in [1.29, 1.82) is 5.26 Å². The summed E-state index contributed by atoms with van der Waals surface area (Å²) in [7, 11) is 0. The lowest BCUT2D eigenvalue weighted by Gasteiger charge is -2.22. The quantitative estimate of drug-likeness (QED) is 0.870. The van der Waals surface area contributed by atoms with E-state index in [-0.39, 0.29) is 6.04 Å². The van der Waals surface area contributed by atoms with Crippen molar-refractivity contribution < 1.29 is 4.74 Å².